The lowest BCUT2D eigenvalue weighted by Gasteiger charge is -2.25. The van der Waals surface area contributed by atoms with Crippen LogP contribution in [0.4, 0.5) is 0 Å². The average molecular weight is 326 g/mol. The van der Waals surface area contributed by atoms with Crippen LogP contribution in [0.25, 0.3) is 11.0 Å². The summed E-state index contributed by atoms with van der Waals surface area (Å²) in [6, 6.07) is 12.8. The fraction of sp³-hybridized carbons (Fsp3) is 0.176. The second-order valence-electron chi connectivity index (χ2n) is 5.53. The van der Waals surface area contributed by atoms with Gasteiger partial charge in [-0.1, -0.05) is 24.3 Å². The van der Waals surface area contributed by atoms with Crippen molar-refractivity contribution in [3.63, 3.8) is 0 Å². The summed E-state index contributed by atoms with van der Waals surface area (Å²) < 4.78 is 12.7. The van der Waals surface area contributed by atoms with E-state index in [1.54, 1.807) is 36.4 Å². The van der Waals surface area contributed by atoms with Crippen LogP contribution in [-0.4, -0.2) is 12.2 Å². The highest BCUT2D eigenvalue weighted by Crippen LogP contribution is 2.40. The first-order chi connectivity index (χ1) is 11.6. The Bertz CT molecular complexity index is 959. The number of aromatic nitrogens is 2. The van der Waals surface area contributed by atoms with Crippen LogP contribution in [0, 0.1) is 10.4 Å². The standard InChI is InChI=1S/C17H14N2O5/c1-23-17(11-5-4-6-12(20)9-11)16-15(10-24-17)18(21)13-7-2-3-8-14(13)19(16)22/h2-9,20H,10H2,1H3. The molecule has 1 aliphatic rings. The lowest BCUT2D eigenvalue weighted by atomic mass is 10.0. The Morgan fingerprint density at radius 3 is 2.46 bits per heavy atom. The molecule has 1 aliphatic heterocycles. The average Bonchev–Trinajstić information content (AvgIpc) is 3.01. The molecule has 2 heterocycles. The van der Waals surface area contributed by atoms with E-state index < -0.39 is 5.79 Å². The summed E-state index contributed by atoms with van der Waals surface area (Å²) in [6.45, 7) is -0.0740. The molecule has 1 aromatic heterocycles. The Balaban J connectivity index is 2.08. The molecule has 24 heavy (non-hydrogen) atoms. The second-order valence-corrected chi connectivity index (χ2v) is 5.53. The Kier molecular flexibility index (Phi) is 3.09. The molecule has 1 N–H and O–H groups in total. The lowest BCUT2D eigenvalue weighted by Crippen LogP contribution is -2.49. The van der Waals surface area contributed by atoms with E-state index in [2.05, 4.69) is 0 Å². The number of fused-ring (bicyclic) bond motifs is 2. The largest absolute Gasteiger partial charge is 0.618 e. The van der Waals surface area contributed by atoms with Crippen LogP contribution < -0.4 is 9.46 Å². The quantitative estimate of drug-likeness (QED) is 0.564. The maximum Gasteiger partial charge on any atom is 0.329 e. The number of ether oxygens (including phenoxy) is 2. The fourth-order valence-electron chi connectivity index (χ4n) is 3.18. The van der Waals surface area contributed by atoms with Crippen molar-refractivity contribution in [2.45, 2.75) is 12.4 Å². The van der Waals surface area contributed by atoms with Gasteiger partial charge in [-0.25, -0.2) is 0 Å². The molecule has 7 heteroatoms. The van der Waals surface area contributed by atoms with E-state index >= 15 is 0 Å². The number of benzene rings is 2. The van der Waals surface area contributed by atoms with Crippen molar-refractivity contribution >= 4 is 11.0 Å². The number of para-hydroxylation sites is 2. The van der Waals surface area contributed by atoms with E-state index in [0.717, 1.165) is 0 Å². The molecule has 4 rings (SSSR count). The van der Waals surface area contributed by atoms with Crippen molar-refractivity contribution in [1.82, 2.24) is 0 Å². The number of hydrogen-bond acceptors (Lipinski definition) is 5. The molecule has 0 saturated heterocycles. The van der Waals surface area contributed by atoms with Crippen LogP contribution in [0.5, 0.6) is 5.75 Å². The van der Waals surface area contributed by atoms with Crippen molar-refractivity contribution in [2.24, 2.45) is 0 Å². The smallest absolute Gasteiger partial charge is 0.329 e. The van der Waals surface area contributed by atoms with E-state index in [1.807, 2.05) is 0 Å². The highest BCUT2D eigenvalue weighted by Gasteiger charge is 2.55. The van der Waals surface area contributed by atoms with Crippen LogP contribution in [0.15, 0.2) is 48.5 Å². The van der Waals surface area contributed by atoms with Gasteiger partial charge in [0.1, 0.15) is 12.4 Å². The molecule has 0 amide bonds. The first-order valence-corrected chi connectivity index (χ1v) is 7.34. The second kappa shape index (κ2) is 5.05. The number of phenols is 1. The Labute approximate surface area is 137 Å². The Morgan fingerprint density at radius 1 is 1.08 bits per heavy atom. The third kappa shape index (κ3) is 1.79. The van der Waals surface area contributed by atoms with E-state index in [1.165, 1.54) is 19.2 Å². The van der Waals surface area contributed by atoms with Crippen molar-refractivity contribution in [1.29, 1.82) is 0 Å². The highest BCUT2D eigenvalue weighted by atomic mass is 16.7. The first kappa shape index (κ1) is 14.7. The SMILES string of the molecule is COC1(c2cccc(O)c2)OCc2c1[n+]([O-])c1ccccc1[n+]2[O-]. The minimum Gasteiger partial charge on any atom is -0.618 e. The van der Waals surface area contributed by atoms with Gasteiger partial charge in [0.2, 0.25) is 0 Å². The van der Waals surface area contributed by atoms with Gasteiger partial charge in [0.15, 0.2) is 0 Å². The third-order valence-corrected chi connectivity index (χ3v) is 4.28. The predicted octanol–water partition coefficient (Wildman–Crippen LogP) is 1.19. The van der Waals surface area contributed by atoms with Crippen molar-refractivity contribution < 1.29 is 24.0 Å². The van der Waals surface area contributed by atoms with Gasteiger partial charge in [0.05, 0.1) is 0 Å². The number of phenolic OH excluding ortho intramolecular Hbond substituents is 1. The van der Waals surface area contributed by atoms with Gasteiger partial charge in [-0.2, -0.15) is 9.46 Å². The van der Waals surface area contributed by atoms with Crippen molar-refractivity contribution in [2.75, 3.05) is 7.11 Å². The molecule has 122 valence electrons. The van der Waals surface area contributed by atoms with Crippen molar-refractivity contribution in [3.05, 3.63) is 75.9 Å². The molecule has 1 unspecified atom stereocenters. The summed E-state index contributed by atoms with van der Waals surface area (Å²) in [5, 5.41) is 35.4. The molecule has 0 spiro atoms. The maximum absolute atomic E-state index is 12.9. The number of nitrogens with zero attached hydrogens (tertiary/aromatic N) is 2. The lowest BCUT2D eigenvalue weighted by molar-refractivity contribution is -0.643. The van der Waals surface area contributed by atoms with E-state index in [4.69, 9.17) is 9.47 Å². The van der Waals surface area contributed by atoms with Gasteiger partial charge < -0.3 is 25.0 Å². The van der Waals surface area contributed by atoms with Gasteiger partial charge in [-0.3, -0.25) is 0 Å². The number of methoxy groups -OCH3 is 1. The number of rotatable bonds is 2. The number of hydrogen-bond donors (Lipinski definition) is 1. The molecule has 1 atom stereocenters. The van der Waals surface area contributed by atoms with Crippen LogP contribution in [0.1, 0.15) is 17.0 Å². The fourth-order valence-corrected chi connectivity index (χ4v) is 3.18. The zero-order valence-corrected chi connectivity index (χ0v) is 12.8. The molecule has 0 radical (unpaired) electrons. The molecule has 0 bridgehead atoms. The zero-order valence-electron chi connectivity index (χ0n) is 12.8. The third-order valence-electron chi connectivity index (χ3n) is 4.28. The van der Waals surface area contributed by atoms with E-state index in [0.29, 0.717) is 15.0 Å². The Morgan fingerprint density at radius 2 is 1.79 bits per heavy atom. The summed E-state index contributed by atoms with van der Waals surface area (Å²) in [6.07, 6.45) is 0. The molecule has 3 aromatic rings. The zero-order chi connectivity index (χ0) is 16.9. The van der Waals surface area contributed by atoms with Gasteiger partial charge >= 0.3 is 5.69 Å². The van der Waals surface area contributed by atoms with Crippen LogP contribution in [-0.2, 0) is 21.9 Å². The number of aromatic hydroxyl groups is 1. The molecular weight excluding hydrogens is 312 g/mol. The first-order valence-electron chi connectivity index (χ1n) is 7.34. The highest BCUT2D eigenvalue weighted by molar-refractivity contribution is 5.67. The van der Waals surface area contributed by atoms with E-state index in [-0.39, 0.29) is 34.8 Å². The molecular formula is C17H14N2O5. The molecule has 0 aliphatic carbocycles. The van der Waals surface area contributed by atoms with Gasteiger partial charge in [0, 0.05) is 24.8 Å². The van der Waals surface area contributed by atoms with Gasteiger partial charge in [-0.05, 0) is 12.1 Å². The predicted molar refractivity (Wildman–Crippen MR) is 82.6 cm³/mol. The van der Waals surface area contributed by atoms with E-state index in [9.17, 15) is 15.5 Å². The van der Waals surface area contributed by atoms with Crippen LogP contribution >= 0.6 is 0 Å². The van der Waals surface area contributed by atoms with Crippen LogP contribution in [0.2, 0.25) is 0 Å². The maximum atomic E-state index is 12.9. The Hall–Kier alpha value is -2.90. The normalized spacial score (nSPS) is 19.5. The van der Waals surface area contributed by atoms with Crippen LogP contribution in [0.3, 0.4) is 0 Å². The van der Waals surface area contributed by atoms with Gasteiger partial charge in [-0.15, -0.1) is 0 Å². The minimum atomic E-state index is -1.55. The topological polar surface area (TPSA) is 92.6 Å². The van der Waals surface area contributed by atoms with Crippen molar-refractivity contribution in [3.8, 4) is 5.75 Å². The molecule has 0 saturated carbocycles. The molecule has 7 nitrogen and oxygen atoms in total. The summed E-state index contributed by atoms with van der Waals surface area (Å²) in [4.78, 5) is 0. The molecule has 2 aromatic carbocycles. The van der Waals surface area contributed by atoms with Gasteiger partial charge in [0.25, 0.3) is 22.5 Å². The summed E-state index contributed by atoms with van der Waals surface area (Å²) in [7, 11) is 1.39. The monoisotopic (exact) mass is 326 g/mol. The summed E-state index contributed by atoms with van der Waals surface area (Å²) in [5.41, 5.74) is 1.18. The molecule has 0 fully saturated rings. The summed E-state index contributed by atoms with van der Waals surface area (Å²) >= 11 is 0. The summed E-state index contributed by atoms with van der Waals surface area (Å²) in [5.74, 6) is -1.54. The minimum absolute atomic E-state index is 0.00853.